The van der Waals surface area contributed by atoms with Gasteiger partial charge in [-0.15, -0.1) is 0 Å². The molecule has 0 saturated carbocycles. The summed E-state index contributed by atoms with van der Waals surface area (Å²) in [6, 6.07) is 4.88. The fourth-order valence-electron chi connectivity index (χ4n) is 3.02. The van der Waals surface area contributed by atoms with E-state index in [-0.39, 0.29) is 28.3 Å². The van der Waals surface area contributed by atoms with Gasteiger partial charge in [-0.1, -0.05) is 6.07 Å². The van der Waals surface area contributed by atoms with Crippen molar-refractivity contribution >= 4 is 19.9 Å². The van der Waals surface area contributed by atoms with Gasteiger partial charge in [-0.2, -0.15) is 0 Å². The number of nitrogens with one attached hydrogen (secondary N) is 2. The molecule has 0 spiro atoms. The minimum absolute atomic E-state index is 0.0152. The normalized spacial score (nSPS) is 22.3. The van der Waals surface area contributed by atoms with Crippen molar-refractivity contribution in [3.05, 3.63) is 56.9 Å². The third kappa shape index (κ3) is 4.70. The summed E-state index contributed by atoms with van der Waals surface area (Å²) in [6.45, 7) is 1.20. The minimum atomic E-state index is -4.08. The highest BCUT2D eigenvalue weighted by Crippen LogP contribution is 2.27. The van der Waals surface area contributed by atoms with Crippen LogP contribution in [0.1, 0.15) is 18.2 Å². The molecular formula is C17H21N3O8S2. The van der Waals surface area contributed by atoms with Gasteiger partial charge in [-0.3, -0.25) is 14.3 Å². The molecule has 1 fully saturated rings. The average molecular weight is 460 g/mol. The SMILES string of the molecule is Cc1cn([C@H]2C[C@H](O)[C@@H](CNS(=O)(=O)c3cccc(S(C)(=O)=O)c3)O2)c(=O)[nH]c1=O. The summed E-state index contributed by atoms with van der Waals surface area (Å²) in [5.74, 6) is 0. The van der Waals surface area contributed by atoms with E-state index < -0.39 is 49.5 Å². The van der Waals surface area contributed by atoms with Crippen LogP contribution in [0.3, 0.4) is 0 Å². The molecule has 30 heavy (non-hydrogen) atoms. The topological polar surface area (TPSA) is 165 Å². The standard InChI is InChI=1S/C17H21N3O8S2/c1-10-9-20(17(23)19-16(10)22)15-7-13(21)14(28-15)8-18-30(26,27)12-5-3-4-11(6-12)29(2,24)25/h3-6,9,13-15,18,21H,7-8H2,1-2H3,(H,19,22,23)/t13-,14+,15+/m0/s1. The van der Waals surface area contributed by atoms with Gasteiger partial charge in [0.05, 0.1) is 22.0 Å². The molecule has 2 heterocycles. The summed E-state index contributed by atoms with van der Waals surface area (Å²) in [6.07, 6.45) is -0.620. The zero-order valence-electron chi connectivity index (χ0n) is 16.1. The molecule has 1 saturated heterocycles. The van der Waals surface area contributed by atoms with Crippen molar-refractivity contribution in [2.24, 2.45) is 0 Å². The first kappa shape index (κ1) is 22.4. The highest BCUT2D eigenvalue weighted by Gasteiger charge is 2.36. The molecule has 0 radical (unpaired) electrons. The van der Waals surface area contributed by atoms with Crippen LogP contribution < -0.4 is 16.0 Å². The lowest BCUT2D eigenvalue weighted by Gasteiger charge is -2.17. The highest BCUT2D eigenvalue weighted by molar-refractivity contribution is 7.91. The molecule has 13 heteroatoms. The third-order valence-corrected chi connectivity index (χ3v) is 7.21. The molecule has 1 aliphatic heterocycles. The Labute approximate surface area is 172 Å². The van der Waals surface area contributed by atoms with E-state index >= 15 is 0 Å². The van der Waals surface area contributed by atoms with Gasteiger partial charge < -0.3 is 9.84 Å². The number of H-pyrrole nitrogens is 1. The number of sulfonamides is 1. The second-order valence-corrected chi connectivity index (χ2v) is 10.8. The predicted molar refractivity (Wildman–Crippen MR) is 105 cm³/mol. The number of hydrogen-bond donors (Lipinski definition) is 3. The summed E-state index contributed by atoms with van der Waals surface area (Å²) >= 11 is 0. The van der Waals surface area contributed by atoms with Crippen molar-refractivity contribution in [3.63, 3.8) is 0 Å². The predicted octanol–water partition coefficient (Wildman–Crippen LogP) is -1.12. The monoisotopic (exact) mass is 459 g/mol. The molecule has 1 aliphatic rings. The van der Waals surface area contributed by atoms with Crippen LogP contribution in [0.5, 0.6) is 0 Å². The van der Waals surface area contributed by atoms with E-state index in [2.05, 4.69) is 9.71 Å². The van der Waals surface area contributed by atoms with E-state index in [0.717, 1.165) is 16.9 Å². The first-order chi connectivity index (χ1) is 13.9. The average Bonchev–Trinajstić information content (AvgIpc) is 3.03. The number of aryl methyl sites for hydroxylation is 1. The number of benzene rings is 1. The first-order valence-corrected chi connectivity index (χ1v) is 12.2. The van der Waals surface area contributed by atoms with E-state index in [4.69, 9.17) is 4.74 Å². The molecule has 0 bridgehead atoms. The maximum Gasteiger partial charge on any atom is 0.330 e. The largest absolute Gasteiger partial charge is 0.390 e. The summed E-state index contributed by atoms with van der Waals surface area (Å²) in [5.41, 5.74) is -0.959. The van der Waals surface area contributed by atoms with Crippen LogP contribution in [0.15, 0.2) is 49.8 Å². The fraction of sp³-hybridized carbons (Fsp3) is 0.412. The van der Waals surface area contributed by atoms with Crippen LogP contribution in [0, 0.1) is 6.92 Å². The van der Waals surface area contributed by atoms with Gasteiger partial charge >= 0.3 is 5.69 Å². The number of ether oxygens (including phenoxy) is 1. The molecule has 1 aromatic carbocycles. The van der Waals surface area contributed by atoms with Crippen LogP contribution >= 0.6 is 0 Å². The number of aromatic amines is 1. The Morgan fingerprint density at radius 2 is 1.90 bits per heavy atom. The number of aliphatic hydroxyl groups excluding tert-OH is 1. The van der Waals surface area contributed by atoms with E-state index in [1.807, 2.05) is 0 Å². The fourth-order valence-corrected chi connectivity index (χ4v) is 4.85. The minimum Gasteiger partial charge on any atom is -0.390 e. The lowest BCUT2D eigenvalue weighted by molar-refractivity contribution is -0.0169. The third-order valence-electron chi connectivity index (χ3n) is 4.68. The molecule has 3 rings (SSSR count). The lowest BCUT2D eigenvalue weighted by atomic mass is 10.2. The van der Waals surface area contributed by atoms with Crippen LogP contribution in [-0.4, -0.2) is 56.5 Å². The number of aliphatic hydroxyl groups is 1. The van der Waals surface area contributed by atoms with Crippen molar-refractivity contribution in [2.45, 2.75) is 41.6 Å². The summed E-state index contributed by atoms with van der Waals surface area (Å²) in [5, 5.41) is 10.2. The van der Waals surface area contributed by atoms with Crippen molar-refractivity contribution < 1.29 is 26.7 Å². The maximum atomic E-state index is 12.5. The smallest absolute Gasteiger partial charge is 0.330 e. The number of nitrogens with zero attached hydrogens (tertiary/aromatic N) is 1. The Hall–Kier alpha value is -2.32. The van der Waals surface area contributed by atoms with Gasteiger partial charge in [0.1, 0.15) is 6.23 Å². The summed E-state index contributed by atoms with van der Waals surface area (Å²) in [4.78, 5) is 25.2. The Morgan fingerprint density at radius 1 is 1.23 bits per heavy atom. The molecule has 0 unspecified atom stereocenters. The number of aromatic nitrogens is 2. The van der Waals surface area contributed by atoms with Gasteiger partial charge in [0.15, 0.2) is 9.84 Å². The van der Waals surface area contributed by atoms with Gasteiger partial charge in [-0.05, 0) is 25.1 Å². The quantitative estimate of drug-likeness (QED) is 0.488. The second kappa shape index (κ2) is 8.07. The second-order valence-electron chi connectivity index (χ2n) is 7.01. The number of rotatable bonds is 6. The van der Waals surface area contributed by atoms with Gasteiger partial charge in [0.25, 0.3) is 5.56 Å². The van der Waals surface area contributed by atoms with Gasteiger partial charge in [0.2, 0.25) is 10.0 Å². The number of hydrogen-bond acceptors (Lipinski definition) is 8. The molecular weight excluding hydrogens is 438 g/mol. The van der Waals surface area contributed by atoms with Crippen LogP contribution in [0.2, 0.25) is 0 Å². The molecule has 3 atom stereocenters. The molecule has 3 N–H and O–H groups in total. The van der Waals surface area contributed by atoms with Gasteiger partial charge in [-0.25, -0.2) is 26.4 Å². The molecule has 2 aromatic rings. The van der Waals surface area contributed by atoms with E-state index in [1.165, 1.54) is 31.3 Å². The summed E-state index contributed by atoms with van der Waals surface area (Å²) in [7, 11) is -7.67. The van der Waals surface area contributed by atoms with Crippen molar-refractivity contribution in [2.75, 3.05) is 12.8 Å². The molecule has 1 aromatic heterocycles. The Morgan fingerprint density at radius 3 is 2.57 bits per heavy atom. The van der Waals surface area contributed by atoms with Crippen LogP contribution in [-0.2, 0) is 24.6 Å². The Kier molecular flexibility index (Phi) is 6.02. The van der Waals surface area contributed by atoms with Crippen LogP contribution in [0.4, 0.5) is 0 Å². The van der Waals surface area contributed by atoms with Crippen molar-refractivity contribution in [1.29, 1.82) is 0 Å². The number of sulfone groups is 1. The highest BCUT2D eigenvalue weighted by atomic mass is 32.2. The molecule has 0 aliphatic carbocycles. The maximum absolute atomic E-state index is 12.5. The molecule has 164 valence electrons. The molecule has 11 nitrogen and oxygen atoms in total. The van der Waals surface area contributed by atoms with E-state index in [1.54, 1.807) is 0 Å². The molecule has 0 amide bonds. The zero-order valence-corrected chi connectivity index (χ0v) is 17.7. The van der Waals surface area contributed by atoms with Gasteiger partial charge in [0, 0.05) is 31.0 Å². The lowest BCUT2D eigenvalue weighted by Crippen LogP contribution is -2.37. The first-order valence-electron chi connectivity index (χ1n) is 8.84. The summed E-state index contributed by atoms with van der Waals surface area (Å²) < 4.78 is 57.4. The van der Waals surface area contributed by atoms with E-state index in [0.29, 0.717) is 0 Å². The van der Waals surface area contributed by atoms with Crippen molar-refractivity contribution in [3.8, 4) is 0 Å². The Bertz CT molecular complexity index is 1280. The van der Waals surface area contributed by atoms with E-state index in [9.17, 15) is 31.5 Å². The Balaban J connectivity index is 1.74. The van der Waals surface area contributed by atoms with Crippen LogP contribution in [0.25, 0.3) is 0 Å². The van der Waals surface area contributed by atoms with Crippen molar-refractivity contribution in [1.82, 2.24) is 14.3 Å². The zero-order chi connectivity index (χ0) is 22.3.